The molecule has 0 heterocycles. The maximum absolute atomic E-state index is 11.4. The summed E-state index contributed by atoms with van der Waals surface area (Å²) >= 11 is 1.59. The van der Waals surface area contributed by atoms with E-state index in [1.165, 1.54) is 5.56 Å². The number of hydrogen-bond acceptors (Lipinski definition) is 3. The highest BCUT2D eigenvalue weighted by Crippen LogP contribution is 2.20. The molecular weight excluding hydrogens is 234 g/mol. The second-order valence-corrected chi connectivity index (χ2v) is 5.50. The van der Waals surface area contributed by atoms with Gasteiger partial charge in [-0.15, -0.1) is 11.8 Å². The number of benzene rings is 1. The van der Waals surface area contributed by atoms with Crippen molar-refractivity contribution in [1.82, 2.24) is 5.48 Å². The first-order valence-corrected chi connectivity index (χ1v) is 6.79. The molecule has 0 aliphatic carbocycles. The molecule has 4 heteroatoms. The molecule has 1 aromatic carbocycles. The summed E-state index contributed by atoms with van der Waals surface area (Å²) < 4.78 is 0. The third kappa shape index (κ3) is 4.79. The van der Waals surface area contributed by atoms with Crippen LogP contribution >= 0.6 is 11.8 Å². The highest BCUT2D eigenvalue weighted by Gasteiger charge is 2.21. The average molecular weight is 253 g/mol. The summed E-state index contributed by atoms with van der Waals surface area (Å²) in [5.74, 6) is 0.779. The quantitative estimate of drug-likeness (QED) is 0.605. The summed E-state index contributed by atoms with van der Waals surface area (Å²) in [7, 11) is 0. The van der Waals surface area contributed by atoms with Crippen LogP contribution in [0.1, 0.15) is 19.4 Å². The van der Waals surface area contributed by atoms with Crippen molar-refractivity contribution in [3.05, 3.63) is 35.9 Å². The Kier molecular flexibility index (Phi) is 6.08. The molecule has 0 fully saturated rings. The maximum Gasteiger partial charge on any atom is 0.256 e. The van der Waals surface area contributed by atoms with Crippen LogP contribution in [0.25, 0.3) is 0 Å². The number of nitrogens with one attached hydrogen (secondary N) is 1. The van der Waals surface area contributed by atoms with Crippen molar-refractivity contribution in [3.8, 4) is 0 Å². The van der Waals surface area contributed by atoms with Crippen LogP contribution in [0.4, 0.5) is 0 Å². The molecule has 0 aliphatic heterocycles. The molecular formula is C13H19NO2S. The Morgan fingerprint density at radius 1 is 1.35 bits per heavy atom. The normalized spacial score (nSPS) is 12.5. The van der Waals surface area contributed by atoms with E-state index in [0.29, 0.717) is 0 Å². The van der Waals surface area contributed by atoms with Gasteiger partial charge in [0.1, 0.15) is 0 Å². The van der Waals surface area contributed by atoms with Crippen molar-refractivity contribution < 1.29 is 10.0 Å². The van der Waals surface area contributed by atoms with Crippen molar-refractivity contribution in [2.75, 3.05) is 5.75 Å². The highest BCUT2D eigenvalue weighted by atomic mass is 32.2. The van der Waals surface area contributed by atoms with E-state index < -0.39 is 0 Å². The first-order chi connectivity index (χ1) is 8.15. The summed E-state index contributed by atoms with van der Waals surface area (Å²) in [5, 5.41) is 8.47. The van der Waals surface area contributed by atoms with E-state index in [-0.39, 0.29) is 17.1 Å². The van der Waals surface area contributed by atoms with Crippen LogP contribution in [-0.2, 0) is 11.2 Å². The first-order valence-electron chi connectivity index (χ1n) is 5.74. The number of aryl methyl sites for hydroxylation is 1. The summed E-state index contributed by atoms with van der Waals surface area (Å²) in [5.41, 5.74) is 3.01. The van der Waals surface area contributed by atoms with E-state index in [1.807, 2.05) is 32.0 Å². The van der Waals surface area contributed by atoms with E-state index in [4.69, 9.17) is 5.21 Å². The summed E-state index contributed by atoms with van der Waals surface area (Å²) in [6, 6.07) is 10.2. The number of carbonyl (C=O) groups is 1. The summed E-state index contributed by atoms with van der Waals surface area (Å²) in [6.07, 6.45) is 0.938. The van der Waals surface area contributed by atoms with E-state index in [2.05, 4.69) is 12.1 Å². The predicted octanol–water partition coefficient (Wildman–Crippen LogP) is 2.49. The minimum atomic E-state index is -0.307. The van der Waals surface area contributed by atoms with Gasteiger partial charge < -0.3 is 0 Å². The zero-order valence-corrected chi connectivity index (χ0v) is 11.0. The van der Waals surface area contributed by atoms with Crippen LogP contribution < -0.4 is 5.48 Å². The molecule has 2 N–H and O–H groups in total. The van der Waals surface area contributed by atoms with E-state index in [0.717, 1.165) is 12.2 Å². The fraction of sp³-hybridized carbons (Fsp3) is 0.462. The summed E-state index contributed by atoms with van der Waals surface area (Å²) in [4.78, 5) is 11.4. The zero-order valence-electron chi connectivity index (χ0n) is 10.2. The van der Waals surface area contributed by atoms with Crippen molar-refractivity contribution in [3.63, 3.8) is 0 Å². The molecule has 0 radical (unpaired) electrons. The monoisotopic (exact) mass is 253 g/mol. The smallest absolute Gasteiger partial charge is 0.256 e. The van der Waals surface area contributed by atoms with Gasteiger partial charge in [0.25, 0.3) is 5.91 Å². The van der Waals surface area contributed by atoms with Crippen LogP contribution in [0.2, 0.25) is 0 Å². The first kappa shape index (κ1) is 14.1. The van der Waals surface area contributed by atoms with Gasteiger partial charge >= 0.3 is 0 Å². The Bertz CT molecular complexity index is 341. The molecule has 1 amide bonds. The fourth-order valence-electron chi connectivity index (χ4n) is 1.58. The van der Waals surface area contributed by atoms with Crippen LogP contribution in [-0.4, -0.2) is 22.1 Å². The van der Waals surface area contributed by atoms with Gasteiger partial charge in [-0.2, -0.15) is 0 Å². The van der Waals surface area contributed by atoms with Gasteiger partial charge in [0.2, 0.25) is 0 Å². The molecule has 0 aliphatic rings. The Labute approximate surface area is 107 Å². The van der Waals surface area contributed by atoms with Crippen LogP contribution in [0.3, 0.4) is 0 Å². The van der Waals surface area contributed by atoms with Gasteiger partial charge in [-0.1, -0.05) is 44.2 Å². The van der Waals surface area contributed by atoms with Gasteiger partial charge in [0.15, 0.2) is 0 Å². The second-order valence-electron chi connectivity index (χ2n) is 4.25. The minimum Gasteiger partial charge on any atom is -0.289 e. The van der Waals surface area contributed by atoms with Crippen molar-refractivity contribution in [1.29, 1.82) is 0 Å². The topological polar surface area (TPSA) is 49.3 Å². The molecule has 0 saturated carbocycles. The number of hydrogen-bond donors (Lipinski definition) is 2. The Balaban J connectivity index is 2.40. The van der Waals surface area contributed by atoms with Crippen molar-refractivity contribution in [2.24, 2.45) is 5.92 Å². The number of amides is 1. The number of rotatable bonds is 6. The molecule has 17 heavy (non-hydrogen) atoms. The lowest BCUT2D eigenvalue weighted by atomic mass is 10.1. The van der Waals surface area contributed by atoms with Crippen LogP contribution in [0.5, 0.6) is 0 Å². The van der Waals surface area contributed by atoms with Crippen molar-refractivity contribution in [2.45, 2.75) is 25.5 Å². The van der Waals surface area contributed by atoms with Crippen molar-refractivity contribution >= 4 is 17.7 Å². The van der Waals surface area contributed by atoms with Gasteiger partial charge in [0, 0.05) is 0 Å². The van der Waals surface area contributed by atoms with E-state index in [1.54, 1.807) is 17.2 Å². The predicted molar refractivity (Wildman–Crippen MR) is 71.2 cm³/mol. The molecule has 0 bridgehead atoms. The second kappa shape index (κ2) is 7.35. The molecule has 0 aromatic heterocycles. The maximum atomic E-state index is 11.4. The van der Waals surface area contributed by atoms with Crippen LogP contribution in [0.15, 0.2) is 30.3 Å². The van der Waals surface area contributed by atoms with Gasteiger partial charge in [-0.3, -0.25) is 10.0 Å². The Morgan fingerprint density at radius 2 is 2.00 bits per heavy atom. The SMILES string of the molecule is CC(C)C(SCCc1ccccc1)C(=O)NO. The number of thioether (sulfide) groups is 1. The molecule has 1 rings (SSSR count). The Hall–Kier alpha value is -1.00. The zero-order chi connectivity index (χ0) is 12.7. The molecule has 0 spiro atoms. The van der Waals surface area contributed by atoms with E-state index >= 15 is 0 Å². The lowest BCUT2D eigenvalue weighted by Gasteiger charge is -2.17. The molecule has 1 aromatic rings. The lowest BCUT2D eigenvalue weighted by molar-refractivity contribution is -0.129. The van der Waals surface area contributed by atoms with Gasteiger partial charge in [0.05, 0.1) is 5.25 Å². The highest BCUT2D eigenvalue weighted by molar-refractivity contribution is 8.00. The number of carbonyl (C=O) groups excluding carboxylic acids is 1. The summed E-state index contributed by atoms with van der Waals surface area (Å²) in [6.45, 7) is 3.96. The Morgan fingerprint density at radius 3 is 2.53 bits per heavy atom. The van der Waals surface area contributed by atoms with Crippen LogP contribution in [0, 0.1) is 5.92 Å². The third-order valence-corrected chi connectivity index (χ3v) is 4.06. The van der Waals surface area contributed by atoms with Gasteiger partial charge in [-0.25, -0.2) is 5.48 Å². The average Bonchev–Trinajstić information content (AvgIpc) is 2.34. The molecule has 94 valence electrons. The standard InChI is InChI=1S/C13H19NO2S/c1-10(2)12(13(15)14-16)17-9-8-11-6-4-3-5-7-11/h3-7,10,12,16H,8-9H2,1-2H3,(H,14,15). The largest absolute Gasteiger partial charge is 0.289 e. The number of hydroxylamine groups is 1. The van der Waals surface area contributed by atoms with Gasteiger partial charge in [-0.05, 0) is 23.7 Å². The molecule has 1 atom stereocenters. The molecule has 0 saturated heterocycles. The molecule has 3 nitrogen and oxygen atoms in total. The minimum absolute atomic E-state index is 0.191. The fourth-order valence-corrected chi connectivity index (χ4v) is 2.78. The lowest BCUT2D eigenvalue weighted by Crippen LogP contribution is -2.34. The molecule has 1 unspecified atom stereocenters. The third-order valence-electron chi connectivity index (χ3n) is 2.51. The van der Waals surface area contributed by atoms with E-state index in [9.17, 15) is 4.79 Å².